The van der Waals surface area contributed by atoms with Crippen LogP contribution in [0.2, 0.25) is 0 Å². The molecule has 1 aromatic heterocycles. The van der Waals surface area contributed by atoms with E-state index in [1.54, 1.807) is 12.1 Å². The summed E-state index contributed by atoms with van der Waals surface area (Å²) in [5, 5.41) is 18.2. The van der Waals surface area contributed by atoms with Gasteiger partial charge in [-0.3, -0.25) is 4.79 Å². The van der Waals surface area contributed by atoms with Crippen LogP contribution in [0.4, 0.5) is 29.2 Å². The number of piperidine rings is 2. The molecule has 2 saturated heterocycles. The number of carbonyl (C=O) groups excluding carboxylic acids is 1. The molecule has 1 amide bonds. The maximum atomic E-state index is 13.1. The summed E-state index contributed by atoms with van der Waals surface area (Å²) >= 11 is 0. The lowest BCUT2D eigenvalue weighted by Crippen LogP contribution is -2.34. The van der Waals surface area contributed by atoms with E-state index in [1.807, 2.05) is 48.5 Å². The Kier molecular flexibility index (Phi) is 14.7. The Labute approximate surface area is 270 Å². The van der Waals surface area contributed by atoms with Crippen LogP contribution in [-0.4, -0.2) is 52.1 Å². The highest BCUT2D eigenvalue weighted by molar-refractivity contribution is 6.14. The van der Waals surface area contributed by atoms with Crippen LogP contribution in [0.1, 0.15) is 54.6 Å². The molecule has 15 N–H and O–H groups in total. The van der Waals surface area contributed by atoms with Gasteiger partial charge in [0.15, 0.2) is 0 Å². The highest BCUT2D eigenvalue weighted by Gasteiger charge is 2.21. The predicted molar refractivity (Wildman–Crippen MR) is 191 cm³/mol. The van der Waals surface area contributed by atoms with Crippen molar-refractivity contribution >= 4 is 58.3 Å². The van der Waals surface area contributed by atoms with E-state index in [1.165, 1.54) is 12.8 Å². The number of amides is 1. The average molecular weight is 636 g/mol. The van der Waals surface area contributed by atoms with Gasteiger partial charge in [0, 0.05) is 43.3 Å². The molecule has 13 nitrogen and oxygen atoms in total. The Morgan fingerprint density at radius 3 is 1.77 bits per heavy atom. The number of benzene rings is 3. The molecule has 6 rings (SSSR count). The summed E-state index contributed by atoms with van der Waals surface area (Å²) in [6.07, 6.45) is 7.09. The first-order valence-electron chi connectivity index (χ1n) is 13.8. The second-order valence-corrected chi connectivity index (χ2v) is 10.2. The molecule has 3 heterocycles. The van der Waals surface area contributed by atoms with Gasteiger partial charge in [0.25, 0.3) is 5.91 Å². The third-order valence-electron chi connectivity index (χ3n) is 7.42. The van der Waals surface area contributed by atoms with Crippen LogP contribution < -0.4 is 45.0 Å². The fourth-order valence-corrected chi connectivity index (χ4v) is 5.34. The van der Waals surface area contributed by atoms with E-state index in [2.05, 4.69) is 20.4 Å². The van der Waals surface area contributed by atoms with Crippen molar-refractivity contribution in [3.63, 3.8) is 0 Å². The number of phenols is 1. The van der Waals surface area contributed by atoms with Crippen LogP contribution >= 0.6 is 12.4 Å². The molecule has 0 atom stereocenters. The first-order valence-corrected chi connectivity index (χ1v) is 13.8. The molecule has 0 bridgehead atoms. The van der Waals surface area contributed by atoms with E-state index < -0.39 is 0 Å². The van der Waals surface area contributed by atoms with Crippen LogP contribution in [0.3, 0.4) is 0 Å². The van der Waals surface area contributed by atoms with Crippen LogP contribution in [0.15, 0.2) is 60.7 Å². The zero-order chi connectivity index (χ0) is 26.6. The highest BCUT2D eigenvalue weighted by Crippen LogP contribution is 2.29. The zero-order valence-corrected chi connectivity index (χ0v) is 26.0. The van der Waals surface area contributed by atoms with Crippen molar-refractivity contribution in [2.24, 2.45) is 0 Å². The van der Waals surface area contributed by atoms with Crippen molar-refractivity contribution in [1.29, 1.82) is 0 Å². The number of carbonyl (C=O) groups is 1. The maximum Gasteiger partial charge on any atom is 0.260 e. The van der Waals surface area contributed by atoms with E-state index in [9.17, 15) is 9.90 Å². The number of hydrogen-bond acceptors (Lipinski definition) is 12. The molecule has 14 heteroatoms. The van der Waals surface area contributed by atoms with Crippen LogP contribution in [-0.2, 0) is 0 Å². The van der Waals surface area contributed by atoms with Gasteiger partial charge in [-0.05, 0) is 79.6 Å². The molecule has 0 spiro atoms. The van der Waals surface area contributed by atoms with Gasteiger partial charge in [0.1, 0.15) is 5.75 Å². The van der Waals surface area contributed by atoms with Gasteiger partial charge in [-0.25, -0.2) is 0 Å². The van der Waals surface area contributed by atoms with E-state index in [0.29, 0.717) is 17.0 Å². The second kappa shape index (κ2) is 17.1. The van der Waals surface area contributed by atoms with Gasteiger partial charge in [0.05, 0.1) is 5.56 Å². The average Bonchev–Trinajstić information content (AvgIpc) is 2.99. The summed E-state index contributed by atoms with van der Waals surface area (Å²) in [5.74, 6) is 1.56. The zero-order valence-electron chi connectivity index (χ0n) is 25.2. The maximum absolute atomic E-state index is 13.1. The van der Waals surface area contributed by atoms with Gasteiger partial charge in [-0.1, -0.05) is 30.3 Å². The first kappa shape index (κ1) is 37.8. The van der Waals surface area contributed by atoms with Crippen LogP contribution in [0.25, 0.3) is 10.8 Å². The van der Waals surface area contributed by atoms with Crippen LogP contribution in [0.5, 0.6) is 5.75 Å². The SMILES string of the molecule is Cl.N.N.N.N.O=C(Nc1ccc(Nc2nc(N3CCCCC3)nc(N3CCCCC3)n2)cc1)c1c(O)ccc2ccccc12.[HH].[HH].[HH].[HH]. The third kappa shape index (κ3) is 8.42. The molecule has 0 saturated carbocycles. The number of nitrogens with one attached hydrogen (secondary N) is 2. The summed E-state index contributed by atoms with van der Waals surface area (Å²) in [7, 11) is 0. The first-order chi connectivity index (χ1) is 19.1. The molecule has 0 unspecified atom stereocenters. The van der Waals surface area contributed by atoms with Crippen molar-refractivity contribution in [2.45, 2.75) is 38.5 Å². The summed E-state index contributed by atoms with van der Waals surface area (Å²) in [6.45, 7) is 3.85. The molecule has 4 aromatic rings. The largest absolute Gasteiger partial charge is 0.507 e. The smallest absolute Gasteiger partial charge is 0.260 e. The predicted octanol–water partition coefficient (Wildman–Crippen LogP) is 7.76. The fraction of sp³-hybridized carbons (Fsp3) is 0.333. The number of halogens is 1. The van der Waals surface area contributed by atoms with E-state index in [0.717, 1.165) is 74.8 Å². The number of phenolic OH excluding ortho intramolecular Hbond substituents is 1. The van der Waals surface area contributed by atoms with Gasteiger partial charge >= 0.3 is 0 Å². The molecule has 0 aliphatic carbocycles. The second-order valence-electron chi connectivity index (χ2n) is 10.2. The Balaban J connectivity index is -0.00000108. The highest BCUT2D eigenvalue weighted by atomic mass is 35.5. The minimum Gasteiger partial charge on any atom is -0.507 e. The Morgan fingerprint density at radius 1 is 0.682 bits per heavy atom. The summed E-state index contributed by atoms with van der Waals surface area (Å²) < 4.78 is 0. The van der Waals surface area contributed by atoms with E-state index in [-0.39, 0.29) is 59.9 Å². The van der Waals surface area contributed by atoms with Crippen molar-refractivity contribution in [3.05, 3.63) is 66.2 Å². The quantitative estimate of drug-likeness (QED) is 0.107. The van der Waals surface area contributed by atoms with Gasteiger partial charge in [0.2, 0.25) is 17.8 Å². The van der Waals surface area contributed by atoms with Gasteiger partial charge in [-0.2, -0.15) is 15.0 Å². The van der Waals surface area contributed by atoms with E-state index >= 15 is 0 Å². The molecular weight excluding hydrogens is 582 g/mol. The summed E-state index contributed by atoms with van der Waals surface area (Å²) in [6, 6.07) is 18.3. The fourth-order valence-electron chi connectivity index (χ4n) is 5.34. The molecule has 2 aliphatic rings. The minimum atomic E-state index is -0.361. The van der Waals surface area contributed by atoms with Gasteiger partial charge < -0.3 is 50.1 Å². The molecule has 3 aromatic carbocycles. The Morgan fingerprint density at radius 2 is 1.20 bits per heavy atom. The number of aromatic hydroxyl groups is 1. The third-order valence-corrected chi connectivity index (χ3v) is 7.42. The summed E-state index contributed by atoms with van der Waals surface area (Å²) in [4.78, 5) is 32.0. The molecule has 2 aliphatic heterocycles. The van der Waals surface area contributed by atoms with Crippen molar-refractivity contribution in [1.82, 2.24) is 39.6 Å². The molecule has 0 radical (unpaired) electrons. The van der Waals surface area contributed by atoms with E-state index in [4.69, 9.17) is 15.0 Å². The monoisotopic (exact) mass is 635 g/mol. The lowest BCUT2D eigenvalue weighted by atomic mass is 10.0. The lowest BCUT2D eigenvalue weighted by molar-refractivity contribution is 0.102. The number of fused-ring (bicyclic) bond motifs is 1. The Hall–Kier alpha value is -4.27. The topological polar surface area (TPSA) is 247 Å². The van der Waals surface area contributed by atoms with Gasteiger partial charge in [-0.15, -0.1) is 12.4 Å². The minimum absolute atomic E-state index is 0. The molecular formula is C30H54ClN11O2. The molecule has 44 heavy (non-hydrogen) atoms. The number of rotatable bonds is 6. The molecule has 2 fully saturated rings. The van der Waals surface area contributed by atoms with Crippen molar-refractivity contribution in [3.8, 4) is 5.75 Å². The number of aromatic nitrogens is 3. The number of nitrogens with zero attached hydrogens (tertiary/aromatic N) is 5. The van der Waals surface area contributed by atoms with Crippen molar-refractivity contribution < 1.29 is 15.6 Å². The lowest BCUT2D eigenvalue weighted by Gasteiger charge is -2.30. The standard InChI is InChI=1S/C30H33N7O2.ClH.4H3N.4H2/c38-25-16-11-21-9-3-4-10-24(21)26(25)27(39)31-22-12-14-23(15-13-22)32-28-33-29(36-17-5-1-6-18-36)35-30(34-28)37-19-7-2-8-20-37;;;;;;;;;/h3-4,9-16,38H,1-2,5-8,17-20H2,(H,31,39)(H,32,33,34,35);1H;4*1H3;4*1H. The number of hydrogen-bond donors (Lipinski definition) is 7. The normalized spacial score (nSPS) is 14.0. The molecule has 248 valence electrons. The number of anilines is 5. The van der Waals surface area contributed by atoms with Crippen LogP contribution in [0, 0.1) is 0 Å². The summed E-state index contributed by atoms with van der Waals surface area (Å²) in [5.41, 5.74) is 1.69. The van der Waals surface area contributed by atoms with Crippen molar-refractivity contribution in [2.75, 3.05) is 46.6 Å². The Bertz CT molecular complexity index is 1460.